The Morgan fingerprint density at radius 3 is 1.82 bits per heavy atom. The number of rotatable bonds is 5. The van der Waals surface area contributed by atoms with E-state index in [1.807, 2.05) is 0 Å². The lowest BCUT2D eigenvalue weighted by Gasteiger charge is -2.48. The highest BCUT2D eigenvalue weighted by atomic mass is 32.3. The first kappa shape index (κ1) is 44.1. The molecule has 4 heterocycles. The first-order chi connectivity index (χ1) is 35.7. The van der Waals surface area contributed by atoms with Crippen molar-refractivity contribution in [2.45, 2.75) is 92.0 Å². The van der Waals surface area contributed by atoms with E-state index in [0.29, 0.717) is 11.8 Å². The molecule has 0 N–H and O–H groups in total. The number of nitrogens with zero attached hydrogens (tertiary/aromatic N) is 2. The number of benzene rings is 8. The number of allylic oxidation sites excluding steroid dienone is 3. The zero-order chi connectivity index (χ0) is 47.6. The fraction of sp³-hybridized carbons (Fsp3) is 0.235. The van der Waals surface area contributed by atoms with Gasteiger partial charge in [0.1, 0.15) is 8.07 Å². The fourth-order valence-corrected chi connectivity index (χ4v) is 24.4. The minimum atomic E-state index is -1.80. The number of hydrogen-bond donors (Lipinski definition) is 0. The van der Waals surface area contributed by atoms with E-state index in [0.717, 1.165) is 6.42 Å². The van der Waals surface area contributed by atoms with E-state index in [1.54, 1.807) is 20.2 Å². The molecule has 6 aliphatic rings. The van der Waals surface area contributed by atoms with Gasteiger partial charge >= 0.3 is 0 Å². The largest absolute Gasteiger partial charge is 0.310 e. The van der Waals surface area contributed by atoms with Gasteiger partial charge in [-0.2, -0.15) is 10.0 Å². The molecule has 8 aromatic rings. The summed E-state index contributed by atoms with van der Waals surface area (Å²) < 4.78 is 0. The predicted molar refractivity (Wildman–Crippen MR) is 312 cm³/mol. The molecule has 2 saturated heterocycles. The topological polar surface area (TPSA) is 6.48 Å². The quantitative estimate of drug-likeness (QED) is 0.125. The highest BCUT2D eigenvalue weighted by molar-refractivity contribution is 8.34. The van der Waals surface area contributed by atoms with Crippen LogP contribution in [-0.2, 0) is 6.42 Å². The van der Waals surface area contributed by atoms with E-state index >= 15 is 0 Å². The molecule has 0 aromatic heterocycles. The van der Waals surface area contributed by atoms with Crippen LogP contribution < -0.4 is 20.2 Å². The number of para-hydroxylation sites is 4. The van der Waals surface area contributed by atoms with Crippen LogP contribution in [0.25, 0.3) is 34.1 Å². The number of fused-ring (bicyclic) bond motifs is 12. The molecule has 4 aliphatic heterocycles. The minimum Gasteiger partial charge on any atom is -0.310 e. The Kier molecular flexibility index (Phi) is 11.1. The molecule has 2 fully saturated rings. The van der Waals surface area contributed by atoms with Gasteiger partial charge in [-0.25, -0.2) is 0 Å². The van der Waals surface area contributed by atoms with Crippen molar-refractivity contribution in [3.8, 4) is 11.1 Å². The van der Waals surface area contributed by atoms with Gasteiger partial charge in [-0.1, -0.05) is 190 Å². The summed E-state index contributed by atoms with van der Waals surface area (Å²) in [6, 6.07) is 70.7. The van der Waals surface area contributed by atoms with Crippen molar-refractivity contribution in [2.24, 2.45) is 5.92 Å². The van der Waals surface area contributed by atoms with Crippen LogP contribution in [0.4, 0.5) is 28.4 Å². The number of aryl methyl sites for hydroxylation is 1. The SMILES string of the molecule is C1=CC2c3ccc(C=Cc4ccc(-c5ccc(N6c7ccccc7[Si]7(CCCC7)c7ccccc76)c6ccccc56)cc4)cc3CCCCCCC2C=C1N1c2ccccc2S2(CCCC2)c2ccccc21. The van der Waals surface area contributed by atoms with E-state index in [9.17, 15) is 0 Å². The number of hydrogen-bond acceptors (Lipinski definition) is 2. The Morgan fingerprint density at radius 2 is 1.10 bits per heavy atom. The standard InChI is InChI=1S/C68H64N2SSi/c1-2-4-20-53-48-54(69-61-23-7-11-27-65(61)71(43-15-16-44-71)66-28-12-8-24-62(66)69)38-40-57(53)56-39-35-50(47-52(56)19-3-1)32-31-49-33-36-51(37-34-49)55-41-42-60(59-22-6-5-21-58(55)59)70-63-25-9-13-29-67(63)72(45-17-18-46-72)68-30-14-10-26-64(68)70/h5-14,21-42,47-48,53,57H,1-4,15-20,43-46H2. The maximum Gasteiger partial charge on any atom is 0.123 e. The Hall–Kier alpha value is -6.59. The van der Waals surface area contributed by atoms with Gasteiger partial charge in [0.2, 0.25) is 0 Å². The molecule has 4 heteroatoms. The molecule has 8 aromatic carbocycles. The van der Waals surface area contributed by atoms with Gasteiger partial charge in [0.25, 0.3) is 0 Å². The van der Waals surface area contributed by atoms with E-state index in [1.165, 1.54) is 160 Å². The molecule has 356 valence electrons. The third-order valence-electron chi connectivity index (χ3n) is 17.7. The van der Waals surface area contributed by atoms with Crippen LogP contribution >= 0.6 is 10.0 Å². The molecule has 2 unspecified atom stereocenters. The van der Waals surface area contributed by atoms with Gasteiger partial charge in [-0.15, -0.1) is 0 Å². The lowest BCUT2D eigenvalue weighted by Crippen LogP contribution is -2.60. The van der Waals surface area contributed by atoms with Crippen molar-refractivity contribution in [2.75, 3.05) is 21.3 Å². The summed E-state index contributed by atoms with van der Waals surface area (Å²) in [4.78, 5) is 8.43. The van der Waals surface area contributed by atoms with Crippen LogP contribution in [0.1, 0.15) is 86.0 Å². The molecular formula is C68H64N2SSi. The van der Waals surface area contributed by atoms with Gasteiger partial charge in [0, 0.05) is 38.2 Å². The van der Waals surface area contributed by atoms with Gasteiger partial charge in [0.15, 0.2) is 0 Å². The summed E-state index contributed by atoms with van der Waals surface area (Å²) >= 11 is 0. The van der Waals surface area contributed by atoms with Crippen LogP contribution in [0, 0.1) is 5.92 Å². The second-order valence-corrected chi connectivity index (χ2v) is 29.3. The maximum absolute atomic E-state index is 2.67. The van der Waals surface area contributed by atoms with Crippen molar-refractivity contribution in [3.63, 3.8) is 0 Å². The lowest BCUT2D eigenvalue weighted by atomic mass is 9.76. The summed E-state index contributed by atoms with van der Waals surface area (Å²) in [6.07, 6.45) is 25.3. The summed E-state index contributed by atoms with van der Waals surface area (Å²) in [5.41, 5.74) is 16.3. The molecule has 2 spiro atoms. The van der Waals surface area contributed by atoms with Gasteiger partial charge < -0.3 is 9.80 Å². The molecule has 0 saturated carbocycles. The predicted octanol–water partition coefficient (Wildman–Crippen LogP) is 17.6. The third kappa shape index (κ3) is 7.18. The van der Waals surface area contributed by atoms with Crippen molar-refractivity contribution in [1.82, 2.24) is 0 Å². The first-order valence-corrected chi connectivity index (χ1v) is 31.6. The zero-order valence-corrected chi connectivity index (χ0v) is 43.3. The van der Waals surface area contributed by atoms with E-state index < -0.39 is 18.1 Å². The normalized spacial score (nSPS) is 20.9. The van der Waals surface area contributed by atoms with E-state index in [4.69, 9.17) is 0 Å². The van der Waals surface area contributed by atoms with E-state index in [-0.39, 0.29) is 0 Å². The summed E-state index contributed by atoms with van der Waals surface area (Å²) in [5.74, 6) is 3.51. The molecule has 72 heavy (non-hydrogen) atoms. The van der Waals surface area contributed by atoms with Crippen LogP contribution in [-0.4, -0.2) is 19.6 Å². The average Bonchev–Trinajstić information content (AvgIpc) is 4.15. The van der Waals surface area contributed by atoms with Crippen molar-refractivity contribution in [1.29, 1.82) is 0 Å². The molecular weight excluding hydrogens is 905 g/mol. The van der Waals surface area contributed by atoms with Crippen LogP contribution in [0.3, 0.4) is 0 Å². The highest BCUT2D eigenvalue weighted by Gasteiger charge is 2.47. The molecule has 14 rings (SSSR count). The molecule has 2 aliphatic carbocycles. The highest BCUT2D eigenvalue weighted by Crippen LogP contribution is 2.73. The lowest BCUT2D eigenvalue weighted by molar-refractivity contribution is 0.474. The van der Waals surface area contributed by atoms with E-state index in [2.05, 4.69) is 216 Å². The summed E-state index contributed by atoms with van der Waals surface area (Å²) in [5, 5.41) is 5.83. The average molecular weight is 969 g/mol. The smallest absolute Gasteiger partial charge is 0.123 e. The Bertz CT molecular complexity index is 3380. The Balaban J connectivity index is 0.742. The molecule has 2 atom stereocenters. The Labute approximate surface area is 429 Å². The van der Waals surface area contributed by atoms with Gasteiger partial charge in [-0.3, -0.25) is 0 Å². The fourth-order valence-electron chi connectivity index (χ4n) is 14.4. The first-order valence-electron chi connectivity index (χ1n) is 27.3. The van der Waals surface area contributed by atoms with Crippen molar-refractivity contribution < 1.29 is 0 Å². The third-order valence-corrected chi connectivity index (χ3v) is 27.4. The zero-order valence-electron chi connectivity index (χ0n) is 41.5. The van der Waals surface area contributed by atoms with Gasteiger partial charge in [-0.05, 0) is 159 Å². The molecule has 0 radical (unpaired) electrons. The number of anilines is 5. The molecule has 0 amide bonds. The summed E-state index contributed by atoms with van der Waals surface area (Å²) in [6.45, 7) is 0. The second kappa shape index (κ2) is 18.2. The van der Waals surface area contributed by atoms with Crippen LogP contribution in [0.2, 0.25) is 12.1 Å². The Morgan fingerprint density at radius 1 is 0.486 bits per heavy atom. The van der Waals surface area contributed by atoms with Gasteiger partial charge in [0.05, 0.1) is 17.1 Å². The molecule has 2 nitrogen and oxygen atoms in total. The summed E-state index contributed by atoms with van der Waals surface area (Å²) in [7, 11) is -2.80. The minimum absolute atomic E-state index is 0.386. The van der Waals surface area contributed by atoms with Crippen molar-refractivity contribution >= 4 is 79.8 Å². The monoisotopic (exact) mass is 968 g/mol. The molecule has 0 bridgehead atoms. The second-order valence-electron chi connectivity index (χ2n) is 21.6. The van der Waals surface area contributed by atoms with Crippen molar-refractivity contribution in [3.05, 3.63) is 222 Å². The van der Waals surface area contributed by atoms with Crippen LogP contribution in [0.15, 0.2) is 210 Å². The van der Waals surface area contributed by atoms with Crippen LogP contribution in [0.5, 0.6) is 0 Å². The maximum atomic E-state index is 2.67.